The van der Waals surface area contributed by atoms with Crippen molar-refractivity contribution in [1.82, 2.24) is 4.98 Å². The number of nitrogens with zero attached hydrogens (tertiary/aromatic N) is 1. The largest absolute Gasteiger partial charge is 0.323 e. The van der Waals surface area contributed by atoms with E-state index >= 15 is 0 Å². The summed E-state index contributed by atoms with van der Waals surface area (Å²) >= 11 is 5.92. The average molecular weight is 261 g/mol. The number of halogens is 1. The van der Waals surface area contributed by atoms with E-state index < -0.39 is 0 Å². The number of hydrogen-bond acceptors (Lipinski definition) is 2. The zero-order chi connectivity index (χ0) is 13.0. The number of amides is 1. The molecule has 0 aliphatic carbocycles. The van der Waals surface area contributed by atoms with Crippen molar-refractivity contribution < 1.29 is 4.79 Å². The second kappa shape index (κ2) is 5.65. The Balaban J connectivity index is 2.05. The van der Waals surface area contributed by atoms with Gasteiger partial charge in [-0.2, -0.15) is 0 Å². The van der Waals surface area contributed by atoms with Gasteiger partial charge in [-0.25, -0.2) is 4.98 Å². The minimum Gasteiger partial charge on any atom is -0.323 e. The SMILES string of the molecule is Cc1cnc(Cl)c(NC(=O)Cc2ccccc2)c1. The Bertz CT molecular complexity index is 555. The zero-order valence-electron chi connectivity index (χ0n) is 9.98. The fourth-order valence-electron chi connectivity index (χ4n) is 1.62. The number of carbonyl (C=O) groups excluding carboxylic acids is 1. The van der Waals surface area contributed by atoms with Crippen LogP contribution in [0.4, 0.5) is 5.69 Å². The Morgan fingerprint density at radius 3 is 2.78 bits per heavy atom. The molecule has 0 unspecified atom stereocenters. The van der Waals surface area contributed by atoms with Crippen LogP contribution in [0.3, 0.4) is 0 Å². The lowest BCUT2D eigenvalue weighted by atomic mass is 10.1. The lowest BCUT2D eigenvalue weighted by Crippen LogP contribution is -2.15. The van der Waals surface area contributed by atoms with Gasteiger partial charge in [-0.1, -0.05) is 41.9 Å². The van der Waals surface area contributed by atoms with Crippen LogP contribution in [0.1, 0.15) is 11.1 Å². The third kappa shape index (κ3) is 3.31. The number of aromatic nitrogens is 1. The highest BCUT2D eigenvalue weighted by Gasteiger charge is 2.07. The third-order valence-electron chi connectivity index (χ3n) is 2.46. The van der Waals surface area contributed by atoms with Gasteiger partial charge in [-0.3, -0.25) is 4.79 Å². The van der Waals surface area contributed by atoms with Gasteiger partial charge in [0.05, 0.1) is 12.1 Å². The molecule has 0 fully saturated rings. The highest BCUT2D eigenvalue weighted by Crippen LogP contribution is 2.19. The number of pyridine rings is 1. The maximum atomic E-state index is 11.8. The summed E-state index contributed by atoms with van der Waals surface area (Å²) in [6.45, 7) is 1.90. The normalized spacial score (nSPS) is 10.1. The van der Waals surface area contributed by atoms with Crippen LogP contribution < -0.4 is 5.32 Å². The molecule has 1 aromatic heterocycles. The monoisotopic (exact) mass is 260 g/mol. The van der Waals surface area contributed by atoms with Gasteiger partial charge in [-0.05, 0) is 24.1 Å². The average Bonchev–Trinajstić information content (AvgIpc) is 2.35. The smallest absolute Gasteiger partial charge is 0.228 e. The summed E-state index contributed by atoms with van der Waals surface area (Å²) in [4.78, 5) is 15.8. The van der Waals surface area contributed by atoms with Gasteiger partial charge in [-0.15, -0.1) is 0 Å². The molecule has 0 bridgehead atoms. The van der Waals surface area contributed by atoms with Crippen LogP contribution in [0.25, 0.3) is 0 Å². The lowest BCUT2D eigenvalue weighted by Gasteiger charge is -2.07. The van der Waals surface area contributed by atoms with Crippen LogP contribution >= 0.6 is 11.6 Å². The Kier molecular flexibility index (Phi) is 3.95. The molecule has 0 atom stereocenters. The van der Waals surface area contributed by atoms with Gasteiger partial charge in [0.1, 0.15) is 0 Å². The molecular weight excluding hydrogens is 248 g/mol. The van der Waals surface area contributed by atoms with E-state index in [2.05, 4.69) is 10.3 Å². The van der Waals surface area contributed by atoms with E-state index in [1.165, 1.54) is 0 Å². The van der Waals surface area contributed by atoms with Gasteiger partial charge in [0, 0.05) is 6.20 Å². The van der Waals surface area contributed by atoms with E-state index in [9.17, 15) is 4.79 Å². The van der Waals surface area contributed by atoms with Crippen LogP contribution in [0, 0.1) is 6.92 Å². The molecule has 4 heteroatoms. The Morgan fingerprint density at radius 1 is 1.33 bits per heavy atom. The summed E-state index contributed by atoms with van der Waals surface area (Å²) in [6.07, 6.45) is 1.99. The topological polar surface area (TPSA) is 42.0 Å². The first-order chi connectivity index (χ1) is 8.65. The first kappa shape index (κ1) is 12.6. The van der Waals surface area contributed by atoms with Crippen molar-refractivity contribution >= 4 is 23.2 Å². The summed E-state index contributed by atoms with van der Waals surface area (Å²) in [5.41, 5.74) is 2.47. The third-order valence-corrected chi connectivity index (χ3v) is 2.76. The number of aryl methyl sites for hydroxylation is 1. The summed E-state index contributed by atoms with van der Waals surface area (Å²) in [5.74, 6) is -0.101. The molecule has 0 saturated heterocycles. The fraction of sp³-hybridized carbons (Fsp3) is 0.143. The maximum Gasteiger partial charge on any atom is 0.228 e. The van der Waals surface area contributed by atoms with Crippen LogP contribution in [0.5, 0.6) is 0 Å². The van der Waals surface area contributed by atoms with E-state index in [-0.39, 0.29) is 5.91 Å². The molecule has 0 aliphatic rings. The second-order valence-corrected chi connectivity index (χ2v) is 4.42. The molecule has 1 amide bonds. The van der Waals surface area contributed by atoms with Crippen LogP contribution in [-0.2, 0) is 11.2 Å². The van der Waals surface area contributed by atoms with Crippen LogP contribution in [-0.4, -0.2) is 10.9 Å². The summed E-state index contributed by atoms with van der Waals surface area (Å²) < 4.78 is 0. The predicted molar refractivity (Wildman–Crippen MR) is 72.8 cm³/mol. The summed E-state index contributed by atoms with van der Waals surface area (Å²) in [5, 5.41) is 3.07. The molecule has 0 aliphatic heterocycles. The molecule has 1 N–H and O–H groups in total. The first-order valence-corrected chi connectivity index (χ1v) is 5.99. The number of carbonyl (C=O) groups is 1. The molecule has 1 aromatic carbocycles. The molecule has 2 aromatic rings. The minimum absolute atomic E-state index is 0.101. The molecule has 3 nitrogen and oxygen atoms in total. The quantitative estimate of drug-likeness (QED) is 0.861. The highest BCUT2D eigenvalue weighted by molar-refractivity contribution is 6.32. The van der Waals surface area contributed by atoms with Gasteiger partial charge in [0.25, 0.3) is 0 Å². The number of hydrogen-bond donors (Lipinski definition) is 1. The van der Waals surface area contributed by atoms with E-state index in [0.717, 1.165) is 11.1 Å². The first-order valence-electron chi connectivity index (χ1n) is 5.61. The number of anilines is 1. The highest BCUT2D eigenvalue weighted by atomic mass is 35.5. The van der Waals surface area contributed by atoms with Crippen molar-refractivity contribution in [2.75, 3.05) is 5.32 Å². The minimum atomic E-state index is -0.101. The molecule has 0 spiro atoms. The molecule has 0 saturated carbocycles. The van der Waals surface area contributed by atoms with Crippen LogP contribution in [0.15, 0.2) is 42.6 Å². The number of benzene rings is 1. The van der Waals surface area contributed by atoms with Crippen molar-refractivity contribution in [3.8, 4) is 0 Å². The Hall–Kier alpha value is -1.87. The predicted octanol–water partition coefficient (Wildman–Crippen LogP) is 3.22. The van der Waals surface area contributed by atoms with E-state index in [1.807, 2.05) is 37.3 Å². The fourth-order valence-corrected chi connectivity index (χ4v) is 1.77. The zero-order valence-corrected chi connectivity index (χ0v) is 10.7. The van der Waals surface area contributed by atoms with E-state index in [4.69, 9.17) is 11.6 Å². The summed E-state index contributed by atoms with van der Waals surface area (Å²) in [6, 6.07) is 11.4. The van der Waals surface area contributed by atoms with Crippen LogP contribution in [0.2, 0.25) is 5.15 Å². The van der Waals surface area contributed by atoms with Crippen molar-refractivity contribution in [3.63, 3.8) is 0 Å². The molecule has 2 rings (SSSR count). The number of rotatable bonds is 3. The lowest BCUT2D eigenvalue weighted by molar-refractivity contribution is -0.115. The van der Waals surface area contributed by atoms with Gasteiger partial charge < -0.3 is 5.32 Å². The number of nitrogens with one attached hydrogen (secondary N) is 1. The molecule has 18 heavy (non-hydrogen) atoms. The Labute approximate surface area is 111 Å². The molecule has 0 radical (unpaired) electrons. The van der Waals surface area contributed by atoms with Gasteiger partial charge in [0.15, 0.2) is 5.15 Å². The van der Waals surface area contributed by atoms with E-state index in [1.54, 1.807) is 12.3 Å². The van der Waals surface area contributed by atoms with E-state index in [0.29, 0.717) is 17.3 Å². The molecular formula is C14H13ClN2O. The van der Waals surface area contributed by atoms with Crippen molar-refractivity contribution in [1.29, 1.82) is 0 Å². The second-order valence-electron chi connectivity index (χ2n) is 4.06. The van der Waals surface area contributed by atoms with Crippen molar-refractivity contribution in [3.05, 3.63) is 58.9 Å². The molecule has 92 valence electrons. The Morgan fingerprint density at radius 2 is 2.06 bits per heavy atom. The summed E-state index contributed by atoms with van der Waals surface area (Å²) in [7, 11) is 0. The van der Waals surface area contributed by atoms with Crippen molar-refractivity contribution in [2.45, 2.75) is 13.3 Å². The standard InChI is InChI=1S/C14H13ClN2O/c1-10-7-12(14(15)16-9-10)17-13(18)8-11-5-3-2-4-6-11/h2-7,9H,8H2,1H3,(H,17,18). The molecule has 1 heterocycles. The van der Waals surface area contributed by atoms with Gasteiger partial charge in [0.2, 0.25) is 5.91 Å². The van der Waals surface area contributed by atoms with Crippen molar-refractivity contribution in [2.24, 2.45) is 0 Å². The maximum absolute atomic E-state index is 11.8. The van der Waals surface area contributed by atoms with Gasteiger partial charge >= 0.3 is 0 Å².